The lowest BCUT2D eigenvalue weighted by Crippen LogP contribution is -2.17. The van der Waals surface area contributed by atoms with Gasteiger partial charge in [0.1, 0.15) is 5.69 Å². The smallest absolute Gasteiger partial charge is 0.274 e. The highest BCUT2D eigenvalue weighted by Crippen LogP contribution is 2.43. The molecule has 3 aromatic rings. The van der Waals surface area contributed by atoms with E-state index in [0.29, 0.717) is 16.7 Å². The maximum Gasteiger partial charge on any atom is 0.274 e. The number of amides is 1. The Morgan fingerprint density at radius 2 is 2.04 bits per heavy atom. The minimum atomic E-state index is -0.0928. The van der Waals surface area contributed by atoms with Crippen molar-refractivity contribution in [3.63, 3.8) is 0 Å². The number of aryl methyl sites for hydroxylation is 2. The fraction of sp³-hybridized carbons (Fsp3) is 0.263. The van der Waals surface area contributed by atoms with Crippen molar-refractivity contribution in [3.05, 3.63) is 71.0 Å². The van der Waals surface area contributed by atoms with E-state index < -0.39 is 0 Å². The van der Waals surface area contributed by atoms with Crippen LogP contribution in [0.5, 0.6) is 0 Å². The second-order valence-electron chi connectivity index (χ2n) is 6.12. The normalized spacial score (nSPS) is 13.8. The van der Waals surface area contributed by atoms with Crippen molar-refractivity contribution in [3.8, 4) is 0 Å². The number of carbonyl (C=O) groups is 1. The molecule has 5 heteroatoms. The van der Waals surface area contributed by atoms with Crippen LogP contribution in [0.25, 0.3) is 0 Å². The molecule has 4 nitrogen and oxygen atoms in total. The highest BCUT2D eigenvalue weighted by Gasteiger charge is 2.26. The Kier molecular flexibility index (Phi) is 4.17. The number of aromatic nitrogens is 2. The number of carbonyl (C=O) groups excluding carboxylic acids is 1. The summed E-state index contributed by atoms with van der Waals surface area (Å²) in [4.78, 5) is 18.1. The highest BCUT2D eigenvalue weighted by atomic mass is 32.1. The number of anilines is 1. The monoisotopic (exact) mass is 337 g/mol. The van der Waals surface area contributed by atoms with Crippen molar-refractivity contribution in [1.82, 2.24) is 9.55 Å². The van der Waals surface area contributed by atoms with Gasteiger partial charge in [-0.2, -0.15) is 0 Å². The van der Waals surface area contributed by atoms with E-state index in [9.17, 15) is 4.79 Å². The van der Waals surface area contributed by atoms with Gasteiger partial charge < -0.3 is 4.57 Å². The number of hydrogen-bond acceptors (Lipinski definition) is 3. The zero-order valence-electron chi connectivity index (χ0n) is 13.3. The van der Waals surface area contributed by atoms with Crippen molar-refractivity contribution >= 4 is 22.4 Å². The Labute approximate surface area is 145 Å². The van der Waals surface area contributed by atoms with E-state index in [2.05, 4.69) is 22.4 Å². The Morgan fingerprint density at radius 1 is 1.21 bits per heavy atom. The van der Waals surface area contributed by atoms with Crippen LogP contribution in [0.4, 0.5) is 5.13 Å². The highest BCUT2D eigenvalue weighted by molar-refractivity contribution is 7.15. The van der Waals surface area contributed by atoms with Gasteiger partial charge in [-0.1, -0.05) is 30.3 Å². The van der Waals surface area contributed by atoms with Crippen molar-refractivity contribution < 1.29 is 4.79 Å². The van der Waals surface area contributed by atoms with E-state index in [1.807, 2.05) is 47.3 Å². The topological polar surface area (TPSA) is 46.9 Å². The maximum atomic E-state index is 12.5. The van der Waals surface area contributed by atoms with Crippen LogP contribution in [0.1, 0.15) is 39.7 Å². The van der Waals surface area contributed by atoms with Gasteiger partial charge >= 0.3 is 0 Å². The van der Waals surface area contributed by atoms with E-state index in [1.54, 1.807) is 11.3 Å². The lowest BCUT2D eigenvalue weighted by atomic mass is 10.1. The van der Waals surface area contributed by atoms with Gasteiger partial charge in [-0.3, -0.25) is 10.1 Å². The molecule has 1 fully saturated rings. The number of nitrogens with one attached hydrogen (secondary N) is 1. The van der Waals surface area contributed by atoms with Gasteiger partial charge in [0.05, 0.1) is 0 Å². The first kappa shape index (κ1) is 15.1. The molecule has 2 aromatic heterocycles. The van der Waals surface area contributed by atoms with Gasteiger partial charge in [0.2, 0.25) is 0 Å². The van der Waals surface area contributed by atoms with Gasteiger partial charge in [-0.15, -0.1) is 11.3 Å². The number of rotatable bonds is 6. The predicted octanol–water partition coefficient (Wildman–Crippen LogP) is 4.32. The first-order chi connectivity index (χ1) is 11.8. The third-order valence-electron chi connectivity index (χ3n) is 4.27. The van der Waals surface area contributed by atoms with Gasteiger partial charge in [0.15, 0.2) is 5.13 Å². The van der Waals surface area contributed by atoms with Gasteiger partial charge in [0, 0.05) is 23.8 Å². The molecule has 2 heterocycles. The van der Waals surface area contributed by atoms with E-state index in [-0.39, 0.29) is 5.91 Å². The quantitative estimate of drug-likeness (QED) is 0.728. The number of benzene rings is 1. The van der Waals surface area contributed by atoms with Crippen LogP contribution in [0.15, 0.2) is 54.9 Å². The van der Waals surface area contributed by atoms with Gasteiger partial charge in [0.25, 0.3) is 5.91 Å². The summed E-state index contributed by atoms with van der Waals surface area (Å²) < 4.78 is 2.00. The molecule has 0 unspecified atom stereocenters. The van der Waals surface area contributed by atoms with Crippen LogP contribution in [-0.4, -0.2) is 15.5 Å². The molecule has 1 N–H and O–H groups in total. The summed E-state index contributed by atoms with van der Waals surface area (Å²) >= 11 is 1.59. The van der Waals surface area contributed by atoms with E-state index in [1.165, 1.54) is 23.3 Å². The van der Waals surface area contributed by atoms with Crippen molar-refractivity contribution in [2.45, 2.75) is 31.7 Å². The third kappa shape index (κ3) is 3.41. The van der Waals surface area contributed by atoms with Crippen LogP contribution < -0.4 is 5.32 Å². The Morgan fingerprint density at radius 3 is 2.83 bits per heavy atom. The Hall–Kier alpha value is -2.40. The summed E-state index contributed by atoms with van der Waals surface area (Å²) in [5.41, 5.74) is 1.95. The molecular formula is C19H19N3OS. The molecule has 0 bridgehead atoms. The zero-order valence-corrected chi connectivity index (χ0v) is 14.1. The summed E-state index contributed by atoms with van der Waals surface area (Å²) in [6.45, 7) is 0.783. The molecule has 0 spiro atoms. The molecule has 0 atom stereocenters. The Bertz CT molecular complexity index is 833. The number of thiazole rings is 1. The summed E-state index contributed by atoms with van der Waals surface area (Å²) in [5, 5.41) is 3.63. The van der Waals surface area contributed by atoms with Crippen LogP contribution in [0.2, 0.25) is 0 Å². The number of nitrogens with zero attached hydrogens (tertiary/aromatic N) is 2. The van der Waals surface area contributed by atoms with Crippen LogP contribution in [0.3, 0.4) is 0 Å². The molecule has 1 saturated carbocycles. The second kappa shape index (κ2) is 6.61. The molecule has 1 aliphatic rings. The van der Waals surface area contributed by atoms with Crippen molar-refractivity contribution in [2.24, 2.45) is 0 Å². The number of hydrogen-bond donors (Lipinski definition) is 1. The fourth-order valence-electron chi connectivity index (χ4n) is 2.77. The van der Waals surface area contributed by atoms with E-state index >= 15 is 0 Å². The lowest BCUT2D eigenvalue weighted by molar-refractivity contribution is 0.101. The van der Waals surface area contributed by atoms with Crippen LogP contribution in [0, 0.1) is 0 Å². The summed E-state index contributed by atoms with van der Waals surface area (Å²) in [6, 6.07) is 14.1. The van der Waals surface area contributed by atoms with Crippen molar-refractivity contribution in [1.29, 1.82) is 0 Å². The minimum absolute atomic E-state index is 0.0928. The van der Waals surface area contributed by atoms with E-state index in [0.717, 1.165) is 13.0 Å². The largest absolute Gasteiger partial charge is 0.343 e. The molecule has 24 heavy (non-hydrogen) atoms. The molecule has 1 aliphatic carbocycles. The Balaban J connectivity index is 1.41. The molecule has 1 aromatic carbocycles. The van der Waals surface area contributed by atoms with Crippen LogP contribution >= 0.6 is 11.3 Å². The molecule has 122 valence electrons. The molecule has 4 rings (SSSR count). The summed E-state index contributed by atoms with van der Waals surface area (Å²) in [7, 11) is 0. The van der Waals surface area contributed by atoms with Crippen molar-refractivity contribution in [2.75, 3.05) is 5.32 Å². The predicted molar refractivity (Wildman–Crippen MR) is 96.6 cm³/mol. The first-order valence-electron chi connectivity index (χ1n) is 8.26. The average molecular weight is 337 g/mol. The average Bonchev–Trinajstić information content (AvgIpc) is 3.17. The minimum Gasteiger partial charge on any atom is -0.343 e. The second-order valence-corrected chi connectivity index (χ2v) is 7.18. The summed E-state index contributed by atoms with van der Waals surface area (Å²) in [6.07, 6.45) is 7.25. The fourth-order valence-corrected chi connectivity index (χ4v) is 3.75. The molecule has 0 radical (unpaired) electrons. The SMILES string of the molecule is O=C(Nc1ncc(C2CC2)s1)c1cccn1CCc1ccccc1. The zero-order chi connectivity index (χ0) is 16.4. The molecule has 0 aliphatic heterocycles. The molecule has 1 amide bonds. The molecule has 0 saturated heterocycles. The maximum absolute atomic E-state index is 12.5. The standard InChI is InChI=1S/C19H19N3OS/c23-18(21-19-20-13-17(24-19)15-8-9-15)16-7-4-11-22(16)12-10-14-5-2-1-3-6-14/h1-7,11,13,15H,8-10,12H2,(H,20,21,23). The first-order valence-corrected chi connectivity index (χ1v) is 9.07. The van der Waals surface area contributed by atoms with E-state index in [4.69, 9.17) is 0 Å². The van der Waals surface area contributed by atoms with Gasteiger partial charge in [-0.25, -0.2) is 4.98 Å². The van der Waals surface area contributed by atoms with Gasteiger partial charge in [-0.05, 0) is 42.9 Å². The summed E-state index contributed by atoms with van der Waals surface area (Å²) in [5.74, 6) is 0.577. The lowest BCUT2D eigenvalue weighted by Gasteiger charge is -2.09. The molecular weight excluding hydrogens is 318 g/mol. The van der Waals surface area contributed by atoms with Crippen LogP contribution in [-0.2, 0) is 13.0 Å². The third-order valence-corrected chi connectivity index (χ3v) is 5.35.